The van der Waals surface area contributed by atoms with Crippen LogP contribution in [0.3, 0.4) is 0 Å². The Morgan fingerprint density at radius 2 is 1.78 bits per heavy atom. The zero-order valence-corrected chi connectivity index (χ0v) is 12.7. The van der Waals surface area contributed by atoms with Crippen LogP contribution in [0.25, 0.3) is 22.6 Å². The van der Waals surface area contributed by atoms with E-state index in [0.29, 0.717) is 11.3 Å². The molecule has 1 unspecified atom stereocenters. The van der Waals surface area contributed by atoms with Gasteiger partial charge in [0.2, 0.25) is 5.89 Å². The number of carboxylic acid groups (broad SMARTS) is 1. The number of hydrogen-bond donors (Lipinski definition) is 2. The van der Waals surface area contributed by atoms with E-state index in [1.54, 1.807) is 42.5 Å². The van der Waals surface area contributed by atoms with Gasteiger partial charge < -0.3 is 9.52 Å². The van der Waals surface area contributed by atoms with Crippen LogP contribution >= 0.6 is 12.6 Å². The van der Waals surface area contributed by atoms with Crippen molar-refractivity contribution < 1.29 is 18.7 Å². The third-order valence-electron chi connectivity index (χ3n) is 3.28. The van der Waals surface area contributed by atoms with Gasteiger partial charge in [-0.05, 0) is 12.1 Å². The van der Waals surface area contributed by atoms with Gasteiger partial charge >= 0.3 is 5.97 Å². The Bertz CT molecular complexity index is 848. The minimum atomic E-state index is -1.22. The molecule has 0 fully saturated rings. The molecule has 1 heterocycles. The van der Waals surface area contributed by atoms with E-state index in [4.69, 9.17) is 9.52 Å². The first-order valence-electron chi connectivity index (χ1n) is 6.80. The van der Waals surface area contributed by atoms with E-state index in [0.717, 1.165) is 0 Å². The van der Waals surface area contributed by atoms with Crippen LogP contribution in [0, 0.1) is 5.82 Å². The maximum absolute atomic E-state index is 14.1. The van der Waals surface area contributed by atoms with E-state index in [2.05, 4.69) is 17.6 Å². The molecule has 0 radical (unpaired) electrons. The molecule has 23 heavy (non-hydrogen) atoms. The number of benzene rings is 2. The predicted octanol–water partition coefficient (Wildman–Crippen LogP) is 4.20. The Morgan fingerprint density at radius 1 is 1.13 bits per heavy atom. The molecule has 1 aromatic heterocycles. The first-order chi connectivity index (χ1) is 11.1. The first kappa shape index (κ1) is 15.3. The number of thiol groups is 1. The van der Waals surface area contributed by atoms with Crippen LogP contribution in [-0.2, 0) is 4.79 Å². The van der Waals surface area contributed by atoms with Crippen LogP contribution in [0.1, 0.15) is 11.1 Å². The largest absolute Gasteiger partial charge is 0.480 e. The van der Waals surface area contributed by atoms with Gasteiger partial charge in [-0.15, -0.1) is 0 Å². The van der Waals surface area contributed by atoms with Gasteiger partial charge in [0.25, 0.3) is 0 Å². The highest BCUT2D eigenvalue weighted by molar-refractivity contribution is 7.81. The lowest BCUT2D eigenvalue weighted by atomic mass is 10.1. The van der Waals surface area contributed by atoms with Crippen LogP contribution in [0.5, 0.6) is 0 Å². The molecule has 2 aromatic carbocycles. The molecule has 0 saturated carbocycles. The van der Waals surface area contributed by atoms with Gasteiger partial charge in [0.05, 0.1) is 0 Å². The maximum atomic E-state index is 14.1. The SMILES string of the molecule is O=C(O)C(S)c1nc(-c2ccccc2F)c(-c2ccccc2)o1. The summed E-state index contributed by atoms with van der Waals surface area (Å²) in [6.45, 7) is 0. The molecular formula is C17H12FNO3S. The molecule has 3 rings (SSSR count). The average Bonchev–Trinajstić information content (AvgIpc) is 3.00. The van der Waals surface area contributed by atoms with Crippen molar-refractivity contribution in [2.75, 3.05) is 0 Å². The Balaban J connectivity index is 2.21. The molecule has 3 aromatic rings. The quantitative estimate of drug-likeness (QED) is 0.704. The van der Waals surface area contributed by atoms with Crippen molar-refractivity contribution in [3.8, 4) is 22.6 Å². The van der Waals surface area contributed by atoms with Crippen molar-refractivity contribution >= 4 is 18.6 Å². The van der Waals surface area contributed by atoms with Crippen molar-refractivity contribution in [2.24, 2.45) is 0 Å². The molecule has 1 N–H and O–H groups in total. The number of carbonyl (C=O) groups is 1. The second kappa shape index (κ2) is 6.26. The number of carboxylic acids is 1. The third-order valence-corrected chi connectivity index (χ3v) is 3.72. The highest BCUT2D eigenvalue weighted by Gasteiger charge is 2.26. The summed E-state index contributed by atoms with van der Waals surface area (Å²) in [6.07, 6.45) is 0. The van der Waals surface area contributed by atoms with Gasteiger partial charge in [-0.1, -0.05) is 42.5 Å². The van der Waals surface area contributed by atoms with E-state index >= 15 is 0 Å². The van der Waals surface area contributed by atoms with Crippen LogP contribution in [0.2, 0.25) is 0 Å². The van der Waals surface area contributed by atoms with Crippen LogP contribution in [0.4, 0.5) is 4.39 Å². The lowest BCUT2D eigenvalue weighted by molar-refractivity contribution is -0.136. The summed E-state index contributed by atoms with van der Waals surface area (Å²) in [7, 11) is 0. The Kier molecular flexibility index (Phi) is 4.16. The topological polar surface area (TPSA) is 63.3 Å². The van der Waals surface area contributed by atoms with Crippen molar-refractivity contribution in [1.82, 2.24) is 4.98 Å². The summed E-state index contributed by atoms with van der Waals surface area (Å²) in [6, 6.07) is 15.1. The standard InChI is InChI=1S/C17H12FNO3S/c18-12-9-5-4-8-11(12)13-14(10-6-2-1-3-7-10)22-16(19-13)15(23)17(20)21/h1-9,15,23H,(H,20,21). The smallest absolute Gasteiger partial charge is 0.325 e. The molecule has 4 nitrogen and oxygen atoms in total. The number of aromatic nitrogens is 1. The monoisotopic (exact) mass is 329 g/mol. The van der Waals surface area contributed by atoms with E-state index in [1.807, 2.05) is 6.07 Å². The molecule has 1 atom stereocenters. The Labute approximate surface area is 137 Å². The van der Waals surface area contributed by atoms with Gasteiger partial charge in [0.1, 0.15) is 11.5 Å². The minimum Gasteiger partial charge on any atom is -0.480 e. The Morgan fingerprint density at radius 3 is 2.43 bits per heavy atom. The fourth-order valence-corrected chi connectivity index (χ4v) is 2.29. The summed E-state index contributed by atoms with van der Waals surface area (Å²) in [5.74, 6) is -1.42. The average molecular weight is 329 g/mol. The summed E-state index contributed by atoms with van der Waals surface area (Å²) in [5, 5.41) is 7.86. The number of oxazole rings is 1. The summed E-state index contributed by atoms with van der Waals surface area (Å²) in [5.41, 5.74) is 1.17. The molecule has 116 valence electrons. The molecule has 0 aliphatic carbocycles. The number of nitrogens with zero attached hydrogens (tertiary/aromatic N) is 1. The molecule has 6 heteroatoms. The summed E-state index contributed by atoms with van der Waals surface area (Å²) in [4.78, 5) is 15.3. The van der Waals surface area contributed by atoms with E-state index in [1.165, 1.54) is 6.07 Å². The maximum Gasteiger partial charge on any atom is 0.325 e. The molecule has 0 aliphatic rings. The zero-order valence-electron chi connectivity index (χ0n) is 11.8. The zero-order chi connectivity index (χ0) is 16.4. The van der Waals surface area contributed by atoms with Gasteiger partial charge in [-0.3, -0.25) is 4.79 Å². The van der Waals surface area contributed by atoms with Crippen molar-refractivity contribution in [1.29, 1.82) is 0 Å². The van der Waals surface area contributed by atoms with Crippen LogP contribution < -0.4 is 0 Å². The highest BCUT2D eigenvalue weighted by Crippen LogP contribution is 2.36. The Hall–Kier alpha value is -2.60. The summed E-state index contributed by atoms with van der Waals surface area (Å²) < 4.78 is 19.7. The van der Waals surface area contributed by atoms with E-state index in [9.17, 15) is 9.18 Å². The third kappa shape index (κ3) is 2.98. The molecule has 0 saturated heterocycles. The number of hydrogen-bond acceptors (Lipinski definition) is 4. The molecular weight excluding hydrogens is 317 g/mol. The first-order valence-corrected chi connectivity index (χ1v) is 7.31. The molecule has 0 aliphatic heterocycles. The fourth-order valence-electron chi connectivity index (χ4n) is 2.18. The minimum absolute atomic E-state index is 0.0852. The van der Waals surface area contributed by atoms with Gasteiger partial charge in [-0.2, -0.15) is 12.6 Å². The summed E-state index contributed by atoms with van der Waals surface area (Å²) >= 11 is 3.98. The second-order valence-electron chi connectivity index (χ2n) is 4.82. The van der Waals surface area contributed by atoms with Crippen molar-refractivity contribution in [3.63, 3.8) is 0 Å². The van der Waals surface area contributed by atoms with Crippen LogP contribution in [-0.4, -0.2) is 16.1 Å². The molecule has 0 spiro atoms. The second-order valence-corrected chi connectivity index (χ2v) is 5.33. The molecule has 0 amide bonds. The van der Waals surface area contributed by atoms with Crippen molar-refractivity contribution in [2.45, 2.75) is 5.25 Å². The van der Waals surface area contributed by atoms with Gasteiger partial charge in [-0.25, -0.2) is 9.37 Å². The lowest BCUT2D eigenvalue weighted by Crippen LogP contribution is -2.05. The van der Waals surface area contributed by atoms with Gasteiger partial charge in [0.15, 0.2) is 11.0 Å². The number of rotatable bonds is 4. The van der Waals surface area contributed by atoms with Crippen LogP contribution in [0.15, 0.2) is 59.0 Å². The molecule has 0 bridgehead atoms. The van der Waals surface area contributed by atoms with Crippen molar-refractivity contribution in [3.05, 3.63) is 66.3 Å². The van der Waals surface area contributed by atoms with E-state index in [-0.39, 0.29) is 17.1 Å². The predicted molar refractivity (Wildman–Crippen MR) is 86.7 cm³/mol. The van der Waals surface area contributed by atoms with Gasteiger partial charge in [0, 0.05) is 11.1 Å². The highest BCUT2D eigenvalue weighted by atomic mass is 32.1. The normalized spacial score (nSPS) is 12.1. The fraction of sp³-hybridized carbons (Fsp3) is 0.0588. The number of halogens is 1. The lowest BCUT2D eigenvalue weighted by Gasteiger charge is -2.02. The van der Waals surface area contributed by atoms with E-state index < -0.39 is 17.0 Å². The number of aliphatic carboxylic acids is 1.